The number of nitrogens with zero attached hydrogens (tertiary/aromatic N) is 1. The van der Waals surface area contributed by atoms with Crippen molar-refractivity contribution in [3.05, 3.63) is 52.9 Å². The highest BCUT2D eigenvalue weighted by atomic mass is 16.5. The lowest BCUT2D eigenvalue weighted by Gasteiger charge is -2.03. The third kappa shape index (κ3) is 3.70. The zero-order valence-corrected chi connectivity index (χ0v) is 11.0. The van der Waals surface area contributed by atoms with E-state index >= 15 is 0 Å². The second-order valence-corrected chi connectivity index (χ2v) is 4.18. The lowest BCUT2D eigenvalue weighted by molar-refractivity contribution is 0.0914. The Labute approximate surface area is 116 Å². The normalized spacial score (nSPS) is 9.70. The molecule has 0 fully saturated rings. The molecule has 5 nitrogen and oxygen atoms in total. The largest absolute Gasteiger partial charge is 0.384 e. The number of nitrogens with one attached hydrogen (secondary N) is 1. The molecule has 0 saturated carbocycles. The summed E-state index contributed by atoms with van der Waals surface area (Å²) in [6.07, 6.45) is 0. The Balaban J connectivity index is 1.98. The van der Waals surface area contributed by atoms with Crippen molar-refractivity contribution in [2.24, 2.45) is 0 Å². The van der Waals surface area contributed by atoms with Crippen LogP contribution in [0.1, 0.15) is 27.4 Å². The molecule has 0 unspecified atom stereocenters. The van der Waals surface area contributed by atoms with E-state index < -0.39 is 0 Å². The standard InChI is InChI=1S/C15H14N2O3/c1-11-8-14(20-17-11)15(19)16-10-13-5-2-4-12(9-13)6-3-7-18/h2,4-5,8-9,18H,7,10H2,1H3,(H,16,19). The minimum absolute atomic E-state index is 0.175. The van der Waals surface area contributed by atoms with Gasteiger partial charge in [-0.05, 0) is 24.6 Å². The van der Waals surface area contributed by atoms with Gasteiger partial charge in [0.2, 0.25) is 5.76 Å². The quantitative estimate of drug-likeness (QED) is 0.823. The van der Waals surface area contributed by atoms with Crippen LogP contribution in [0.4, 0.5) is 0 Å². The van der Waals surface area contributed by atoms with Crippen LogP contribution in [0.3, 0.4) is 0 Å². The molecule has 102 valence electrons. The first-order chi connectivity index (χ1) is 9.69. The van der Waals surface area contributed by atoms with Gasteiger partial charge in [0.15, 0.2) is 0 Å². The molecule has 1 aromatic carbocycles. The Morgan fingerprint density at radius 1 is 1.45 bits per heavy atom. The number of amides is 1. The van der Waals surface area contributed by atoms with Gasteiger partial charge >= 0.3 is 0 Å². The van der Waals surface area contributed by atoms with Crippen molar-refractivity contribution in [3.8, 4) is 11.8 Å². The monoisotopic (exact) mass is 270 g/mol. The van der Waals surface area contributed by atoms with Crippen molar-refractivity contribution in [3.63, 3.8) is 0 Å². The fourth-order valence-electron chi connectivity index (χ4n) is 1.64. The average Bonchev–Trinajstić information content (AvgIpc) is 2.90. The lowest BCUT2D eigenvalue weighted by atomic mass is 10.1. The van der Waals surface area contributed by atoms with Crippen LogP contribution < -0.4 is 5.32 Å². The number of hydrogen-bond acceptors (Lipinski definition) is 4. The number of benzene rings is 1. The molecule has 2 aromatic rings. The van der Waals surface area contributed by atoms with E-state index in [-0.39, 0.29) is 18.3 Å². The van der Waals surface area contributed by atoms with Gasteiger partial charge in [0.25, 0.3) is 5.91 Å². The number of hydrogen-bond donors (Lipinski definition) is 2. The smallest absolute Gasteiger partial charge is 0.290 e. The first kappa shape index (κ1) is 13.8. The Morgan fingerprint density at radius 3 is 3.00 bits per heavy atom. The van der Waals surface area contributed by atoms with Gasteiger partial charge in [-0.1, -0.05) is 29.1 Å². The van der Waals surface area contributed by atoms with E-state index in [9.17, 15) is 4.79 Å². The van der Waals surface area contributed by atoms with Crippen LogP contribution >= 0.6 is 0 Å². The molecule has 0 bridgehead atoms. The van der Waals surface area contributed by atoms with Crippen molar-refractivity contribution in [2.45, 2.75) is 13.5 Å². The molecule has 0 saturated heterocycles. The Bertz CT molecular complexity index is 665. The molecule has 0 atom stereocenters. The van der Waals surface area contributed by atoms with Crippen molar-refractivity contribution in [1.29, 1.82) is 0 Å². The van der Waals surface area contributed by atoms with Gasteiger partial charge in [-0.3, -0.25) is 4.79 Å². The second-order valence-electron chi connectivity index (χ2n) is 4.18. The Morgan fingerprint density at radius 2 is 2.30 bits per heavy atom. The third-order valence-electron chi connectivity index (χ3n) is 2.54. The molecule has 0 radical (unpaired) electrons. The molecular weight excluding hydrogens is 256 g/mol. The van der Waals surface area contributed by atoms with Crippen molar-refractivity contribution in [1.82, 2.24) is 10.5 Å². The number of aliphatic hydroxyl groups excluding tert-OH is 1. The predicted octanol–water partition coefficient (Wildman–Crippen LogP) is 1.26. The molecule has 20 heavy (non-hydrogen) atoms. The highest BCUT2D eigenvalue weighted by Gasteiger charge is 2.10. The van der Waals surface area contributed by atoms with Crippen molar-refractivity contribution >= 4 is 5.91 Å². The minimum Gasteiger partial charge on any atom is -0.384 e. The summed E-state index contributed by atoms with van der Waals surface area (Å²) in [6.45, 7) is 1.95. The van der Waals surface area contributed by atoms with Gasteiger partial charge in [0.05, 0.1) is 5.69 Å². The van der Waals surface area contributed by atoms with E-state index in [4.69, 9.17) is 9.63 Å². The maximum atomic E-state index is 11.8. The van der Waals surface area contributed by atoms with Crippen LogP contribution in [0.25, 0.3) is 0 Å². The van der Waals surface area contributed by atoms with Crippen LogP contribution in [-0.2, 0) is 6.54 Å². The van der Waals surface area contributed by atoms with E-state index in [1.807, 2.05) is 24.3 Å². The lowest BCUT2D eigenvalue weighted by Crippen LogP contribution is -2.22. The van der Waals surface area contributed by atoms with Crippen LogP contribution in [0, 0.1) is 18.8 Å². The molecule has 1 amide bonds. The summed E-state index contributed by atoms with van der Waals surface area (Å²) in [6, 6.07) is 9.01. The SMILES string of the molecule is Cc1cc(C(=O)NCc2cccc(C#CCO)c2)on1. The fraction of sp³-hybridized carbons (Fsp3) is 0.200. The molecule has 0 aliphatic heterocycles. The first-order valence-corrected chi connectivity index (χ1v) is 6.09. The van der Waals surface area contributed by atoms with E-state index in [1.54, 1.807) is 13.0 Å². The van der Waals surface area contributed by atoms with E-state index in [0.717, 1.165) is 11.1 Å². The van der Waals surface area contributed by atoms with Gasteiger partial charge in [0.1, 0.15) is 6.61 Å². The van der Waals surface area contributed by atoms with Gasteiger partial charge in [-0.2, -0.15) is 0 Å². The van der Waals surface area contributed by atoms with Crippen molar-refractivity contribution < 1.29 is 14.4 Å². The zero-order valence-electron chi connectivity index (χ0n) is 11.0. The number of rotatable bonds is 3. The maximum absolute atomic E-state index is 11.8. The number of aliphatic hydroxyl groups is 1. The molecule has 2 rings (SSSR count). The van der Waals surface area contributed by atoms with Crippen LogP contribution in [0.15, 0.2) is 34.9 Å². The summed E-state index contributed by atoms with van der Waals surface area (Å²) in [7, 11) is 0. The van der Waals surface area contributed by atoms with Crippen LogP contribution in [0.2, 0.25) is 0 Å². The number of aryl methyl sites for hydroxylation is 1. The zero-order chi connectivity index (χ0) is 14.4. The predicted molar refractivity (Wildman–Crippen MR) is 72.8 cm³/mol. The van der Waals surface area contributed by atoms with Gasteiger partial charge in [-0.25, -0.2) is 0 Å². The molecule has 0 aliphatic carbocycles. The molecule has 1 aromatic heterocycles. The highest BCUT2D eigenvalue weighted by molar-refractivity contribution is 5.91. The molecule has 5 heteroatoms. The topological polar surface area (TPSA) is 75.4 Å². The van der Waals surface area contributed by atoms with E-state index in [1.165, 1.54) is 0 Å². The van der Waals surface area contributed by atoms with Gasteiger partial charge in [0, 0.05) is 18.2 Å². The summed E-state index contributed by atoms with van der Waals surface area (Å²) in [4.78, 5) is 11.8. The van der Waals surface area contributed by atoms with E-state index in [2.05, 4.69) is 22.3 Å². The molecule has 0 spiro atoms. The maximum Gasteiger partial charge on any atom is 0.290 e. The Kier molecular flexibility index (Phi) is 4.53. The summed E-state index contributed by atoms with van der Waals surface area (Å²) in [5, 5.41) is 15.1. The van der Waals surface area contributed by atoms with Crippen molar-refractivity contribution in [2.75, 3.05) is 6.61 Å². The summed E-state index contributed by atoms with van der Waals surface area (Å²) >= 11 is 0. The molecule has 2 N–H and O–H groups in total. The summed E-state index contributed by atoms with van der Waals surface area (Å²) in [5.74, 6) is 5.28. The summed E-state index contributed by atoms with van der Waals surface area (Å²) < 4.78 is 4.88. The Hall–Kier alpha value is -2.58. The molecule has 1 heterocycles. The average molecular weight is 270 g/mol. The van der Waals surface area contributed by atoms with Gasteiger partial charge in [-0.15, -0.1) is 0 Å². The van der Waals surface area contributed by atoms with E-state index in [0.29, 0.717) is 12.2 Å². The summed E-state index contributed by atoms with van der Waals surface area (Å²) in [5.41, 5.74) is 2.37. The van der Waals surface area contributed by atoms with Crippen LogP contribution in [-0.4, -0.2) is 22.8 Å². The molecule has 0 aliphatic rings. The number of carbonyl (C=O) groups is 1. The number of aromatic nitrogens is 1. The number of carbonyl (C=O) groups excluding carboxylic acids is 1. The first-order valence-electron chi connectivity index (χ1n) is 6.09. The van der Waals surface area contributed by atoms with Crippen LogP contribution in [0.5, 0.6) is 0 Å². The molecular formula is C15H14N2O3. The highest BCUT2D eigenvalue weighted by Crippen LogP contribution is 2.06. The van der Waals surface area contributed by atoms with Gasteiger partial charge < -0.3 is 14.9 Å². The second kappa shape index (κ2) is 6.55. The minimum atomic E-state index is -0.308. The third-order valence-corrected chi connectivity index (χ3v) is 2.54. The fourth-order valence-corrected chi connectivity index (χ4v) is 1.64.